The third-order valence-corrected chi connectivity index (χ3v) is 3.21. The van der Waals surface area contributed by atoms with Crippen molar-refractivity contribution in [1.29, 1.82) is 0 Å². The van der Waals surface area contributed by atoms with Crippen LogP contribution >= 0.6 is 0 Å². The van der Waals surface area contributed by atoms with Crippen LogP contribution in [0.1, 0.15) is 31.7 Å². The smallest absolute Gasteiger partial charge is 0.0618 e. The van der Waals surface area contributed by atoms with Crippen LogP contribution in [-0.2, 0) is 11.3 Å². The fraction of sp³-hybridized carbons (Fsp3) is 0.786. The van der Waals surface area contributed by atoms with Crippen molar-refractivity contribution in [2.45, 2.75) is 46.7 Å². The zero-order valence-corrected chi connectivity index (χ0v) is 12.4. The second-order valence-corrected chi connectivity index (χ2v) is 5.26. The second-order valence-electron chi connectivity index (χ2n) is 5.26. The van der Waals surface area contributed by atoms with E-state index in [1.165, 1.54) is 5.69 Å². The predicted octanol–water partition coefficient (Wildman–Crippen LogP) is 2.15. The van der Waals surface area contributed by atoms with Gasteiger partial charge in [-0.1, -0.05) is 13.8 Å². The molecule has 0 bridgehead atoms. The first-order valence-electron chi connectivity index (χ1n) is 6.78. The fourth-order valence-corrected chi connectivity index (χ4v) is 2.08. The van der Waals surface area contributed by atoms with Crippen molar-refractivity contribution in [3.8, 4) is 0 Å². The van der Waals surface area contributed by atoms with Gasteiger partial charge in [-0.15, -0.1) is 0 Å². The number of hydrogen-bond donors (Lipinski definition) is 1. The molecule has 1 rings (SSSR count). The molecule has 0 saturated carbocycles. The Morgan fingerprint density at radius 1 is 1.39 bits per heavy atom. The number of aryl methyl sites for hydroxylation is 3. The molecule has 4 nitrogen and oxygen atoms in total. The first-order valence-corrected chi connectivity index (χ1v) is 6.78. The van der Waals surface area contributed by atoms with E-state index in [-0.39, 0.29) is 0 Å². The maximum absolute atomic E-state index is 5.22. The summed E-state index contributed by atoms with van der Waals surface area (Å²) in [6.45, 7) is 11.3. The Balaban J connectivity index is 2.27. The van der Waals surface area contributed by atoms with E-state index in [4.69, 9.17) is 4.74 Å². The first-order chi connectivity index (χ1) is 8.54. The molecular weight excluding hydrogens is 226 g/mol. The molecule has 1 N–H and O–H groups in total. The van der Waals surface area contributed by atoms with Gasteiger partial charge in [0.15, 0.2) is 0 Å². The maximum Gasteiger partial charge on any atom is 0.0618 e. The van der Waals surface area contributed by atoms with Crippen LogP contribution in [0.3, 0.4) is 0 Å². The molecule has 104 valence electrons. The molecule has 0 aliphatic carbocycles. The summed E-state index contributed by atoms with van der Waals surface area (Å²) < 4.78 is 7.30. The SMILES string of the molecule is COCC(NCCCn1nc(C)cc1C)C(C)C. The minimum absolute atomic E-state index is 0.440. The second kappa shape index (κ2) is 7.54. The first kappa shape index (κ1) is 15.2. The average molecular weight is 253 g/mol. The van der Waals surface area contributed by atoms with Gasteiger partial charge in [0.2, 0.25) is 0 Å². The van der Waals surface area contributed by atoms with Gasteiger partial charge in [0.25, 0.3) is 0 Å². The molecule has 0 fully saturated rings. The summed E-state index contributed by atoms with van der Waals surface area (Å²) >= 11 is 0. The van der Waals surface area contributed by atoms with Gasteiger partial charge >= 0.3 is 0 Å². The Labute approximate surface area is 111 Å². The van der Waals surface area contributed by atoms with Crippen molar-refractivity contribution in [1.82, 2.24) is 15.1 Å². The Morgan fingerprint density at radius 3 is 2.61 bits per heavy atom. The van der Waals surface area contributed by atoms with E-state index in [0.717, 1.165) is 31.8 Å². The van der Waals surface area contributed by atoms with E-state index in [0.29, 0.717) is 12.0 Å². The van der Waals surface area contributed by atoms with Gasteiger partial charge in [0, 0.05) is 25.4 Å². The Morgan fingerprint density at radius 2 is 2.11 bits per heavy atom. The van der Waals surface area contributed by atoms with Gasteiger partial charge in [0.1, 0.15) is 0 Å². The van der Waals surface area contributed by atoms with Crippen molar-refractivity contribution >= 4 is 0 Å². The van der Waals surface area contributed by atoms with Crippen molar-refractivity contribution in [2.24, 2.45) is 5.92 Å². The van der Waals surface area contributed by atoms with Crippen LogP contribution in [0.15, 0.2) is 6.07 Å². The summed E-state index contributed by atoms with van der Waals surface area (Å²) in [5, 5.41) is 8.01. The number of rotatable bonds is 8. The van der Waals surface area contributed by atoms with Gasteiger partial charge in [-0.2, -0.15) is 5.10 Å². The number of hydrogen-bond acceptors (Lipinski definition) is 3. The summed E-state index contributed by atoms with van der Waals surface area (Å²) in [6, 6.07) is 2.56. The predicted molar refractivity (Wildman–Crippen MR) is 74.8 cm³/mol. The molecule has 1 heterocycles. The van der Waals surface area contributed by atoms with Crippen molar-refractivity contribution in [3.63, 3.8) is 0 Å². The lowest BCUT2D eigenvalue weighted by Gasteiger charge is -2.21. The van der Waals surface area contributed by atoms with Crippen molar-refractivity contribution < 1.29 is 4.74 Å². The molecule has 0 saturated heterocycles. The lowest BCUT2D eigenvalue weighted by atomic mass is 10.1. The molecule has 0 aromatic carbocycles. The lowest BCUT2D eigenvalue weighted by molar-refractivity contribution is 0.147. The molecule has 0 aliphatic rings. The van der Waals surface area contributed by atoms with Crippen molar-refractivity contribution in [2.75, 3.05) is 20.3 Å². The summed E-state index contributed by atoms with van der Waals surface area (Å²) in [5.74, 6) is 0.596. The average Bonchev–Trinajstić information content (AvgIpc) is 2.61. The number of nitrogens with one attached hydrogen (secondary N) is 1. The third kappa shape index (κ3) is 4.78. The zero-order valence-electron chi connectivity index (χ0n) is 12.4. The van der Waals surface area contributed by atoms with E-state index in [1.54, 1.807) is 7.11 Å². The third-order valence-electron chi connectivity index (χ3n) is 3.21. The molecule has 1 atom stereocenters. The summed E-state index contributed by atoms with van der Waals surface area (Å²) in [4.78, 5) is 0. The molecule has 0 spiro atoms. The number of nitrogens with zero attached hydrogens (tertiary/aromatic N) is 2. The van der Waals surface area contributed by atoms with Crippen LogP contribution in [0.25, 0.3) is 0 Å². The molecular formula is C14H27N3O. The van der Waals surface area contributed by atoms with E-state index >= 15 is 0 Å². The van der Waals surface area contributed by atoms with Crippen molar-refractivity contribution in [3.05, 3.63) is 17.5 Å². The Hall–Kier alpha value is -0.870. The van der Waals surface area contributed by atoms with Crippen LogP contribution in [0.2, 0.25) is 0 Å². The van der Waals surface area contributed by atoms with Gasteiger partial charge in [-0.05, 0) is 38.8 Å². The highest BCUT2D eigenvalue weighted by Crippen LogP contribution is 2.04. The molecule has 18 heavy (non-hydrogen) atoms. The normalized spacial score (nSPS) is 13.2. The highest BCUT2D eigenvalue weighted by atomic mass is 16.5. The molecule has 1 aromatic heterocycles. The highest BCUT2D eigenvalue weighted by molar-refractivity contribution is 5.06. The fourth-order valence-electron chi connectivity index (χ4n) is 2.08. The monoisotopic (exact) mass is 253 g/mol. The largest absolute Gasteiger partial charge is 0.383 e. The van der Waals surface area contributed by atoms with E-state index < -0.39 is 0 Å². The molecule has 0 amide bonds. The van der Waals surface area contributed by atoms with Gasteiger partial charge in [0.05, 0.1) is 12.3 Å². The lowest BCUT2D eigenvalue weighted by Crippen LogP contribution is -2.38. The molecule has 1 unspecified atom stereocenters. The van der Waals surface area contributed by atoms with Gasteiger partial charge in [-0.25, -0.2) is 0 Å². The summed E-state index contributed by atoms with van der Waals surface area (Å²) in [7, 11) is 1.76. The Kier molecular flexibility index (Phi) is 6.36. The summed E-state index contributed by atoms with van der Waals surface area (Å²) in [6.07, 6.45) is 1.09. The van der Waals surface area contributed by atoms with E-state index in [2.05, 4.69) is 41.9 Å². The topological polar surface area (TPSA) is 39.1 Å². The molecule has 1 aromatic rings. The van der Waals surface area contributed by atoms with Crippen LogP contribution in [0.4, 0.5) is 0 Å². The van der Waals surface area contributed by atoms with Crippen LogP contribution in [-0.4, -0.2) is 36.1 Å². The Bertz CT molecular complexity index is 347. The number of aromatic nitrogens is 2. The van der Waals surface area contributed by atoms with E-state index in [9.17, 15) is 0 Å². The zero-order chi connectivity index (χ0) is 13.5. The van der Waals surface area contributed by atoms with Gasteiger partial charge in [-0.3, -0.25) is 4.68 Å². The molecule has 0 radical (unpaired) electrons. The highest BCUT2D eigenvalue weighted by Gasteiger charge is 2.11. The number of ether oxygens (including phenoxy) is 1. The quantitative estimate of drug-likeness (QED) is 0.722. The van der Waals surface area contributed by atoms with Gasteiger partial charge < -0.3 is 10.1 Å². The number of methoxy groups -OCH3 is 1. The van der Waals surface area contributed by atoms with Crippen LogP contribution in [0, 0.1) is 19.8 Å². The van der Waals surface area contributed by atoms with E-state index in [1.807, 2.05) is 6.92 Å². The van der Waals surface area contributed by atoms with Crippen LogP contribution < -0.4 is 5.32 Å². The minimum Gasteiger partial charge on any atom is -0.383 e. The molecule has 4 heteroatoms. The standard InChI is InChI=1S/C14H27N3O/c1-11(2)14(10-18-5)15-7-6-8-17-13(4)9-12(3)16-17/h9,11,14-15H,6-8,10H2,1-5H3. The van der Waals surface area contributed by atoms with Crippen LogP contribution in [0.5, 0.6) is 0 Å². The summed E-state index contributed by atoms with van der Waals surface area (Å²) in [5.41, 5.74) is 2.34. The minimum atomic E-state index is 0.440. The maximum atomic E-state index is 5.22. The molecule has 0 aliphatic heterocycles.